The molecule has 0 aliphatic carbocycles. The molecule has 4 heterocycles. The molecule has 0 aromatic carbocycles. The first-order valence-electron chi connectivity index (χ1n) is 9.64. The van der Waals surface area contributed by atoms with Crippen molar-refractivity contribution >= 4 is 17.0 Å². The van der Waals surface area contributed by atoms with Gasteiger partial charge in [-0.15, -0.1) is 0 Å². The van der Waals surface area contributed by atoms with E-state index >= 15 is 0 Å². The molecule has 4 rings (SSSR count). The molecular formula is C20H26N6O3. The van der Waals surface area contributed by atoms with Gasteiger partial charge in [-0.3, -0.25) is 9.36 Å². The minimum absolute atomic E-state index is 0.128. The summed E-state index contributed by atoms with van der Waals surface area (Å²) < 4.78 is 15.2. The van der Waals surface area contributed by atoms with E-state index in [9.17, 15) is 4.79 Å². The summed E-state index contributed by atoms with van der Waals surface area (Å²) in [6.45, 7) is 10.5. The van der Waals surface area contributed by atoms with E-state index in [1.807, 2.05) is 42.5 Å². The number of hydrogen-bond donors (Lipinski definition) is 1. The first-order valence-corrected chi connectivity index (χ1v) is 9.64. The van der Waals surface area contributed by atoms with Crippen molar-refractivity contribution in [1.29, 1.82) is 0 Å². The Morgan fingerprint density at radius 3 is 2.76 bits per heavy atom. The summed E-state index contributed by atoms with van der Waals surface area (Å²) >= 11 is 0. The predicted octanol–water partition coefficient (Wildman–Crippen LogP) is 2.77. The highest BCUT2D eigenvalue weighted by atomic mass is 16.6. The smallest absolute Gasteiger partial charge is 0.407 e. The third-order valence-corrected chi connectivity index (χ3v) is 5.16. The zero-order valence-corrected chi connectivity index (χ0v) is 17.6. The van der Waals surface area contributed by atoms with E-state index in [0.29, 0.717) is 12.4 Å². The second-order valence-corrected chi connectivity index (χ2v) is 8.41. The number of carbonyl (C=O) groups excluding carboxylic acids is 1. The van der Waals surface area contributed by atoms with Crippen molar-refractivity contribution in [2.75, 3.05) is 6.54 Å². The molecule has 1 saturated heterocycles. The summed E-state index contributed by atoms with van der Waals surface area (Å²) in [7, 11) is 1.89. The van der Waals surface area contributed by atoms with Crippen LogP contribution in [0.2, 0.25) is 0 Å². The molecule has 1 aliphatic heterocycles. The standard InChI is InChI=1S/C20H26N6O3/c1-11-17-15(24-25(11)6)7-14(13-8-22-26(10-13)20(3,4)5)23-18(17)28-12(2)16-9-21-19(27)29-16/h7-8,10,12,16H,9H2,1-6H3,(H,21,27). The van der Waals surface area contributed by atoms with Gasteiger partial charge >= 0.3 is 6.09 Å². The number of aryl methyl sites for hydroxylation is 2. The average molecular weight is 398 g/mol. The lowest BCUT2D eigenvalue weighted by atomic mass is 10.1. The van der Waals surface area contributed by atoms with E-state index in [1.54, 1.807) is 6.20 Å². The average Bonchev–Trinajstić information content (AvgIpc) is 3.34. The van der Waals surface area contributed by atoms with Crippen LogP contribution in [0.15, 0.2) is 18.5 Å². The number of cyclic esters (lactones) is 1. The highest BCUT2D eigenvalue weighted by Gasteiger charge is 2.30. The topological polar surface area (TPSA) is 96.1 Å². The van der Waals surface area contributed by atoms with Gasteiger partial charge in [0, 0.05) is 24.5 Å². The molecule has 9 heteroatoms. The maximum atomic E-state index is 11.4. The number of fused-ring (bicyclic) bond motifs is 1. The van der Waals surface area contributed by atoms with E-state index in [0.717, 1.165) is 27.9 Å². The quantitative estimate of drug-likeness (QED) is 0.726. The predicted molar refractivity (Wildman–Crippen MR) is 108 cm³/mol. The summed E-state index contributed by atoms with van der Waals surface area (Å²) in [5, 5.41) is 12.6. The third kappa shape index (κ3) is 3.52. The molecule has 0 radical (unpaired) electrons. The lowest BCUT2D eigenvalue weighted by Gasteiger charge is -2.19. The Bertz CT molecular complexity index is 1080. The van der Waals surface area contributed by atoms with Crippen LogP contribution >= 0.6 is 0 Å². The Morgan fingerprint density at radius 2 is 2.14 bits per heavy atom. The Labute approximate surface area is 169 Å². The highest BCUT2D eigenvalue weighted by Crippen LogP contribution is 2.32. The second kappa shape index (κ2) is 6.75. The number of carbonyl (C=O) groups is 1. The van der Waals surface area contributed by atoms with E-state index < -0.39 is 6.09 Å². The van der Waals surface area contributed by atoms with Crippen molar-refractivity contribution in [3.63, 3.8) is 0 Å². The fourth-order valence-corrected chi connectivity index (χ4v) is 3.30. The van der Waals surface area contributed by atoms with Crippen molar-refractivity contribution in [2.45, 2.75) is 52.4 Å². The van der Waals surface area contributed by atoms with Crippen molar-refractivity contribution in [2.24, 2.45) is 7.05 Å². The third-order valence-electron chi connectivity index (χ3n) is 5.16. The van der Waals surface area contributed by atoms with Crippen molar-refractivity contribution in [1.82, 2.24) is 29.9 Å². The van der Waals surface area contributed by atoms with Gasteiger partial charge < -0.3 is 14.8 Å². The molecule has 1 fully saturated rings. The summed E-state index contributed by atoms with van der Waals surface area (Å²) in [6, 6.07) is 1.95. The van der Waals surface area contributed by atoms with Crippen LogP contribution in [0.5, 0.6) is 5.88 Å². The first kappa shape index (κ1) is 19.2. The molecule has 0 bridgehead atoms. The Hall–Kier alpha value is -3.10. The molecule has 3 aromatic rings. The minimum atomic E-state index is -0.426. The number of hydrogen-bond acceptors (Lipinski definition) is 6. The minimum Gasteiger partial charge on any atom is -0.470 e. The van der Waals surface area contributed by atoms with Crippen LogP contribution in [0.1, 0.15) is 33.4 Å². The van der Waals surface area contributed by atoms with Crippen LogP contribution in [0.3, 0.4) is 0 Å². The molecule has 0 saturated carbocycles. The molecule has 0 spiro atoms. The fourth-order valence-electron chi connectivity index (χ4n) is 3.30. The number of nitrogens with zero attached hydrogens (tertiary/aromatic N) is 5. The maximum absolute atomic E-state index is 11.4. The number of nitrogens with one attached hydrogen (secondary N) is 1. The number of alkyl carbamates (subject to hydrolysis) is 1. The van der Waals surface area contributed by atoms with Crippen molar-refractivity contribution in [3.8, 4) is 17.1 Å². The van der Waals surface area contributed by atoms with Gasteiger partial charge in [-0.1, -0.05) is 0 Å². The monoisotopic (exact) mass is 398 g/mol. The first-order chi connectivity index (χ1) is 13.6. The molecule has 2 unspecified atom stereocenters. The van der Waals surface area contributed by atoms with Crippen LogP contribution < -0.4 is 10.1 Å². The lowest BCUT2D eigenvalue weighted by molar-refractivity contribution is 0.0564. The molecule has 3 aromatic heterocycles. The van der Waals surface area contributed by atoms with Gasteiger partial charge in [0.15, 0.2) is 6.10 Å². The molecule has 1 N–H and O–H groups in total. The van der Waals surface area contributed by atoms with Crippen molar-refractivity contribution < 1.29 is 14.3 Å². The van der Waals surface area contributed by atoms with Crippen LogP contribution in [-0.4, -0.2) is 49.4 Å². The Kier molecular flexibility index (Phi) is 4.48. The molecular weight excluding hydrogens is 372 g/mol. The largest absolute Gasteiger partial charge is 0.470 e. The van der Waals surface area contributed by atoms with Gasteiger partial charge in [-0.05, 0) is 40.7 Å². The number of ether oxygens (including phenoxy) is 2. The molecule has 1 amide bonds. The van der Waals surface area contributed by atoms with Crippen LogP contribution in [0.4, 0.5) is 4.79 Å². The van der Waals surface area contributed by atoms with Crippen LogP contribution in [0, 0.1) is 6.92 Å². The zero-order valence-electron chi connectivity index (χ0n) is 17.6. The molecule has 29 heavy (non-hydrogen) atoms. The molecule has 1 aliphatic rings. The normalized spacial score (nSPS) is 18.0. The van der Waals surface area contributed by atoms with E-state index in [2.05, 4.69) is 36.3 Å². The Morgan fingerprint density at radius 1 is 1.38 bits per heavy atom. The van der Waals surface area contributed by atoms with Gasteiger partial charge in [0.1, 0.15) is 11.6 Å². The van der Waals surface area contributed by atoms with Crippen LogP contribution in [0.25, 0.3) is 22.2 Å². The van der Waals surface area contributed by atoms with Gasteiger partial charge in [0.2, 0.25) is 5.88 Å². The van der Waals surface area contributed by atoms with E-state index in [-0.39, 0.29) is 17.7 Å². The molecule has 9 nitrogen and oxygen atoms in total. The summed E-state index contributed by atoms with van der Waals surface area (Å²) in [6.07, 6.45) is 2.61. The number of aromatic nitrogens is 5. The van der Waals surface area contributed by atoms with Crippen molar-refractivity contribution in [3.05, 3.63) is 24.2 Å². The van der Waals surface area contributed by atoms with Gasteiger partial charge in [0.05, 0.1) is 29.4 Å². The SMILES string of the molecule is Cc1c2c(OC(C)C3CNC(=O)O3)nc(-c3cnn(C(C)(C)C)c3)cc2nn1C. The molecule has 154 valence electrons. The molecule has 2 atom stereocenters. The summed E-state index contributed by atoms with van der Waals surface area (Å²) in [5.74, 6) is 0.474. The Balaban J connectivity index is 1.75. The zero-order chi connectivity index (χ0) is 20.9. The maximum Gasteiger partial charge on any atom is 0.407 e. The van der Waals surface area contributed by atoms with E-state index in [4.69, 9.17) is 14.5 Å². The lowest BCUT2D eigenvalue weighted by Crippen LogP contribution is -2.32. The summed E-state index contributed by atoms with van der Waals surface area (Å²) in [5.41, 5.74) is 3.23. The number of amides is 1. The second-order valence-electron chi connectivity index (χ2n) is 8.41. The van der Waals surface area contributed by atoms with E-state index in [1.165, 1.54) is 0 Å². The fraction of sp³-hybridized carbons (Fsp3) is 0.500. The van der Waals surface area contributed by atoms with Gasteiger partial charge in [-0.2, -0.15) is 10.2 Å². The number of rotatable bonds is 4. The number of pyridine rings is 1. The van der Waals surface area contributed by atoms with Gasteiger partial charge in [0.25, 0.3) is 0 Å². The summed E-state index contributed by atoms with van der Waals surface area (Å²) in [4.78, 5) is 16.2. The van der Waals surface area contributed by atoms with Crippen LogP contribution in [-0.2, 0) is 17.3 Å². The highest BCUT2D eigenvalue weighted by molar-refractivity contribution is 5.89. The van der Waals surface area contributed by atoms with Gasteiger partial charge in [-0.25, -0.2) is 9.78 Å².